The van der Waals surface area contributed by atoms with Gasteiger partial charge >= 0.3 is 6.18 Å². The lowest BCUT2D eigenvalue weighted by Crippen LogP contribution is -2.04. The molecule has 0 atom stereocenters. The first-order chi connectivity index (χ1) is 12.5. The van der Waals surface area contributed by atoms with Crippen molar-refractivity contribution in [3.05, 3.63) is 65.9 Å². The van der Waals surface area contributed by atoms with E-state index in [-0.39, 0.29) is 0 Å². The number of benzene rings is 2. The molecule has 2 heterocycles. The van der Waals surface area contributed by atoms with Gasteiger partial charge in [0.1, 0.15) is 12.1 Å². The molecule has 0 saturated carbocycles. The lowest BCUT2D eigenvalue weighted by Gasteiger charge is -2.09. The van der Waals surface area contributed by atoms with Gasteiger partial charge in [0.2, 0.25) is 0 Å². The summed E-state index contributed by atoms with van der Waals surface area (Å²) in [7, 11) is 0. The molecule has 0 bridgehead atoms. The third-order valence-electron chi connectivity index (χ3n) is 3.78. The van der Waals surface area contributed by atoms with Crippen molar-refractivity contribution in [1.29, 1.82) is 0 Å². The van der Waals surface area contributed by atoms with Crippen LogP contribution in [0.25, 0.3) is 21.5 Å². The summed E-state index contributed by atoms with van der Waals surface area (Å²) in [6.45, 7) is 0. The first-order valence-electron chi connectivity index (χ1n) is 7.59. The Balaban J connectivity index is 1.60. The quantitative estimate of drug-likeness (QED) is 0.515. The summed E-state index contributed by atoms with van der Waals surface area (Å²) in [5.41, 5.74) is 3.91. The zero-order valence-electron chi connectivity index (χ0n) is 13.2. The van der Waals surface area contributed by atoms with Gasteiger partial charge in [-0.3, -0.25) is 0 Å². The number of aromatic nitrogens is 3. The highest BCUT2D eigenvalue weighted by atomic mass is 32.1. The number of nitrogens with one attached hydrogen (secondary N) is 1. The van der Waals surface area contributed by atoms with Gasteiger partial charge in [-0.1, -0.05) is 12.1 Å². The maximum atomic E-state index is 12.7. The summed E-state index contributed by atoms with van der Waals surface area (Å²) in [5.74, 6) is 0.546. The summed E-state index contributed by atoms with van der Waals surface area (Å²) in [4.78, 5) is 12.6. The molecule has 8 heteroatoms. The maximum absolute atomic E-state index is 12.7. The van der Waals surface area contributed by atoms with Crippen LogP contribution in [0.4, 0.5) is 24.7 Å². The molecule has 0 radical (unpaired) electrons. The first kappa shape index (κ1) is 16.5. The van der Waals surface area contributed by atoms with E-state index in [2.05, 4.69) is 20.3 Å². The molecular formula is C18H11F3N4S. The summed E-state index contributed by atoms with van der Waals surface area (Å²) < 4.78 is 39.1. The first-order valence-corrected chi connectivity index (χ1v) is 8.47. The Labute approximate surface area is 150 Å². The second kappa shape index (κ2) is 6.38. The van der Waals surface area contributed by atoms with Gasteiger partial charge in [-0.25, -0.2) is 15.0 Å². The molecule has 26 heavy (non-hydrogen) atoms. The van der Waals surface area contributed by atoms with Crippen LogP contribution in [0, 0.1) is 0 Å². The Morgan fingerprint density at radius 1 is 0.885 bits per heavy atom. The molecule has 0 amide bonds. The molecular weight excluding hydrogens is 361 g/mol. The van der Waals surface area contributed by atoms with Gasteiger partial charge in [0, 0.05) is 17.3 Å². The van der Waals surface area contributed by atoms with Crippen molar-refractivity contribution in [3.63, 3.8) is 0 Å². The Bertz CT molecular complexity index is 1060. The van der Waals surface area contributed by atoms with Crippen LogP contribution in [-0.4, -0.2) is 15.0 Å². The number of nitrogens with zero attached hydrogens (tertiary/aromatic N) is 3. The van der Waals surface area contributed by atoms with E-state index in [1.54, 1.807) is 22.9 Å². The zero-order valence-corrected chi connectivity index (χ0v) is 14.0. The second-order valence-corrected chi connectivity index (χ2v) is 6.41. The standard InChI is InChI=1S/C18H11F3N4S/c19-18(20,21)12-3-1-11(2-4-12)14-8-17(23-9-22-14)25-13-5-6-16-15(7-13)24-10-26-16/h1-10H,(H,22,23,25). The van der Waals surface area contributed by atoms with E-state index in [0.717, 1.165) is 28.0 Å². The van der Waals surface area contributed by atoms with Crippen molar-refractivity contribution in [2.24, 2.45) is 0 Å². The van der Waals surface area contributed by atoms with Gasteiger partial charge in [0.05, 0.1) is 27.0 Å². The van der Waals surface area contributed by atoms with Gasteiger partial charge in [-0.05, 0) is 30.3 Å². The summed E-state index contributed by atoms with van der Waals surface area (Å²) in [5, 5.41) is 3.17. The molecule has 0 unspecified atom stereocenters. The Morgan fingerprint density at radius 2 is 1.69 bits per heavy atom. The van der Waals surface area contributed by atoms with Gasteiger partial charge < -0.3 is 5.32 Å². The van der Waals surface area contributed by atoms with Crippen LogP contribution in [-0.2, 0) is 6.18 Å². The number of hydrogen-bond acceptors (Lipinski definition) is 5. The monoisotopic (exact) mass is 372 g/mol. The van der Waals surface area contributed by atoms with Crippen LogP contribution >= 0.6 is 11.3 Å². The zero-order chi connectivity index (χ0) is 18.1. The van der Waals surface area contributed by atoms with Crippen LogP contribution in [0.15, 0.2) is 60.4 Å². The van der Waals surface area contributed by atoms with Crippen molar-refractivity contribution in [3.8, 4) is 11.3 Å². The average Bonchev–Trinajstić information content (AvgIpc) is 3.09. The van der Waals surface area contributed by atoms with Crippen molar-refractivity contribution in [2.45, 2.75) is 6.18 Å². The van der Waals surface area contributed by atoms with Crippen molar-refractivity contribution in [2.75, 3.05) is 5.32 Å². The minimum atomic E-state index is -4.36. The molecule has 4 rings (SSSR count). The molecule has 0 saturated heterocycles. The lowest BCUT2D eigenvalue weighted by atomic mass is 10.1. The van der Waals surface area contributed by atoms with Crippen LogP contribution in [0.3, 0.4) is 0 Å². The molecule has 0 fully saturated rings. The topological polar surface area (TPSA) is 50.7 Å². The maximum Gasteiger partial charge on any atom is 0.416 e. The number of thiazole rings is 1. The average molecular weight is 372 g/mol. The smallest absolute Gasteiger partial charge is 0.340 e. The lowest BCUT2D eigenvalue weighted by molar-refractivity contribution is -0.137. The van der Waals surface area contributed by atoms with Gasteiger partial charge in [-0.2, -0.15) is 13.2 Å². The van der Waals surface area contributed by atoms with E-state index in [4.69, 9.17) is 0 Å². The second-order valence-electron chi connectivity index (χ2n) is 5.52. The molecule has 2 aromatic carbocycles. The fourth-order valence-electron chi connectivity index (χ4n) is 2.50. The number of hydrogen-bond donors (Lipinski definition) is 1. The number of anilines is 2. The number of fused-ring (bicyclic) bond motifs is 1. The van der Waals surface area contributed by atoms with E-state index >= 15 is 0 Å². The van der Waals surface area contributed by atoms with Gasteiger partial charge in [0.15, 0.2) is 0 Å². The normalized spacial score (nSPS) is 11.7. The van der Waals surface area contributed by atoms with Gasteiger partial charge in [-0.15, -0.1) is 11.3 Å². The predicted molar refractivity (Wildman–Crippen MR) is 95.4 cm³/mol. The minimum absolute atomic E-state index is 0.533. The van der Waals surface area contributed by atoms with E-state index in [1.807, 2.05) is 18.2 Å². The summed E-state index contributed by atoms with van der Waals surface area (Å²) >= 11 is 1.56. The summed E-state index contributed by atoms with van der Waals surface area (Å²) in [6.07, 6.45) is -2.98. The highest BCUT2D eigenvalue weighted by Gasteiger charge is 2.30. The van der Waals surface area contributed by atoms with Crippen molar-refractivity contribution < 1.29 is 13.2 Å². The molecule has 130 valence electrons. The summed E-state index contributed by atoms with van der Waals surface area (Å²) in [6, 6.07) is 12.4. The van der Waals surface area contributed by atoms with Crippen LogP contribution in [0.2, 0.25) is 0 Å². The third kappa shape index (κ3) is 3.36. The fourth-order valence-corrected chi connectivity index (χ4v) is 3.16. The third-order valence-corrected chi connectivity index (χ3v) is 4.59. The molecule has 0 aliphatic heterocycles. The van der Waals surface area contributed by atoms with Crippen LogP contribution < -0.4 is 5.32 Å². The number of halogens is 3. The van der Waals surface area contributed by atoms with E-state index in [0.29, 0.717) is 17.1 Å². The predicted octanol–water partition coefficient (Wildman–Crippen LogP) is 5.52. The Hall–Kier alpha value is -3.00. The minimum Gasteiger partial charge on any atom is -0.340 e. The molecule has 0 spiro atoms. The number of alkyl halides is 3. The largest absolute Gasteiger partial charge is 0.416 e. The van der Waals surface area contributed by atoms with E-state index in [1.165, 1.54) is 18.5 Å². The van der Waals surface area contributed by atoms with Crippen molar-refractivity contribution >= 4 is 33.1 Å². The van der Waals surface area contributed by atoms with E-state index in [9.17, 15) is 13.2 Å². The highest BCUT2D eigenvalue weighted by Crippen LogP contribution is 2.31. The van der Waals surface area contributed by atoms with Crippen molar-refractivity contribution in [1.82, 2.24) is 15.0 Å². The fraction of sp³-hybridized carbons (Fsp3) is 0.0556. The highest BCUT2D eigenvalue weighted by molar-refractivity contribution is 7.16. The molecule has 0 aliphatic rings. The molecule has 2 aromatic heterocycles. The molecule has 4 aromatic rings. The molecule has 0 aliphatic carbocycles. The molecule has 4 nitrogen and oxygen atoms in total. The van der Waals surface area contributed by atoms with Crippen LogP contribution in [0.5, 0.6) is 0 Å². The van der Waals surface area contributed by atoms with E-state index < -0.39 is 11.7 Å². The Kier molecular flexibility index (Phi) is 4.04. The Morgan fingerprint density at radius 3 is 2.46 bits per heavy atom. The van der Waals surface area contributed by atoms with Gasteiger partial charge in [0.25, 0.3) is 0 Å². The molecule has 1 N–H and O–H groups in total. The number of rotatable bonds is 3. The SMILES string of the molecule is FC(F)(F)c1ccc(-c2cc(Nc3ccc4scnc4c3)ncn2)cc1. The van der Waals surface area contributed by atoms with Crippen LogP contribution in [0.1, 0.15) is 5.56 Å².